The third-order valence-corrected chi connectivity index (χ3v) is 7.18. The van der Waals surface area contributed by atoms with E-state index in [4.69, 9.17) is 9.47 Å². The highest BCUT2D eigenvalue weighted by Crippen LogP contribution is 2.37. The normalized spacial score (nSPS) is 15.2. The molecule has 1 fully saturated rings. The summed E-state index contributed by atoms with van der Waals surface area (Å²) in [4.78, 5) is 29.8. The highest BCUT2D eigenvalue weighted by molar-refractivity contribution is 6.00. The number of aromatic nitrogens is 5. The molecule has 1 unspecified atom stereocenters. The van der Waals surface area contributed by atoms with Gasteiger partial charge in [0.05, 0.1) is 38.8 Å². The molecule has 1 atom stereocenters. The molecule has 3 aromatic heterocycles. The maximum absolute atomic E-state index is 14.2. The average Bonchev–Trinajstić information content (AvgIpc) is 3.40. The van der Waals surface area contributed by atoms with Crippen molar-refractivity contribution in [2.24, 2.45) is 0 Å². The van der Waals surface area contributed by atoms with Crippen LogP contribution in [0.4, 0.5) is 13.2 Å². The van der Waals surface area contributed by atoms with E-state index in [2.05, 4.69) is 20.1 Å². The second-order valence-corrected chi connectivity index (χ2v) is 9.48. The van der Waals surface area contributed by atoms with Crippen LogP contribution in [0, 0.1) is 6.92 Å². The number of piperazine rings is 1. The monoisotopic (exact) mass is 571 g/mol. The molecule has 11 nitrogen and oxygen atoms in total. The summed E-state index contributed by atoms with van der Waals surface area (Å²) >= 11 is 0. The van der Waals surface area contributed by atoms with Crippen molar-refractivity contribution in [3.63, 3.8) is 0 Å². The topological polar surface area (TPSA) is 118 Å². The third-order valence-electron chi connectivity index (χ3n) is 7.18. The highest BCUT2D eigenvalue weighted by Gasteiger charge is 2.39. The van der Waals surface area contributed by atoms with Gasteiger partial charge in [-0.25, -0.2) is 19.5 Å². The molecule has 1 aliphatic rings. The number of rotatable bonds is 7. The zero-order valence-corrected chi connectivity index (χ0v) is 22.6. The predicted molar refractivity (Wildman–Crippen MR) is 141 cm³/mol. The van der Waals surface area contributed by atoms with Crippen LogP contribution in [-0.2, 0) is 6.18 Å². The van der Waals surface area contributed by atoms with Crippen molar-refractivity contribution in [3.05, 3.63) is 65.2 Å². The average molecular weight is 572 g/mol. The van der Waals surface area contributed by atoms with Gasteiger partial charge in [0.2, 0.25) is 0 Å². The summed E-state index contributed by atoms with van der Waals surface area (Å²) in [5, 5.41) is 14.0. The van der Waals surface area contributed by atoms with Crippen LogP contribution < -0.4 is 9.47 Å². The van der Waals surface area contributed by atoms with E-state index in [9.17, 15) is 23.1 Å². The second kappa shape index (κ2) is 11.3. The highest BCUT2D eigenvalue weighted by atomic mass is 19.4. The van der Waals surface area contributed by atoms with Gasteiger partial charge in [-0.3, -0.25) is 9.69 Å². The first kappa shape index (κ1) is 28.2. The molecule has 14 heteroatoms. The molecule has 1 aliphatic heterocycles. The molecule has 1 amide bonds. The van der Waals surface area contributed by atoms with Gasteiger partial charge in [0.15, 0.2) is 11.3 Å². The van der Waals surface area contributed by atoms with Crippen molar-refractivity contribution in [1.82, 2.24) is 34.4 Å². The van der Waals surface area contributed by atoms with E-state index in [0.29, 0.717) is 34.5 Å². The number of benzene rings is 1. The Hall–Kier alpha value is -4.30. The minimum Gasteiger partial charge on any atom is -0.497 e. The first-order chi connectivity index (χ1) is 19.7. The fourth-order valence-electron chi connectivity index (χ4n) is 5.03. The summed E-state index contributed by atoms with van der Waals surface area (Å²) in [6.07, 6.45) is -0.450. The number of hydrogen-bond donors (Lipinski definition) is 1. The Morgan fingerprint density at radius 2 is 1.68 bits per heavy atom. The van der Waals surface area contributed by atoms with Gasteiger partial charge in [-0.15, -0.1) is 0 Å². The van der Waals surface area contributed by atoms with E-state index in [-0.39, 0.29) is 54.2 Å². The second-order valence-electron chi connectivity index (χ2n) is 9.48. The van der Waals surface area contributed by atoms with Crippen LogP contribution in [0.1, 0.15) is 33.2 Å². The first-order valence-electron chi connectivity index (χ1n) is 12.8. The van der Waals surface area contributed by atoms with E-state index >= 15 is 0 Å². The van der Waals surface area contributed by atoms with Crippen LogP contribution in [0.5, 0.6) is 11.8 Å². The number of carbonyl (C=O) groups is 1. The minimum atomic E-state index is -4.74. The van der Waals surface area contributed by atoms with Crippen LogP contribution in [0.25, 0.3) is 16.9 Å². The number of halogens is 3. The van der Waals surface area contributed by atoms with Gasteiger partial charge in [-0.2, -0.15) is 18.3 Å². The largest absolute Gasteiger partial charge is 0.497 e. The molecule has 1 N–H and O–H groups in total. The standard InChI is InChI=1S/C27H28F3N7O4/c1-16-22(17-4-6-19(40-2)7-5-17)34-24-20(14-33-37(24)23(16)27(28,29)30)25(39)36-10-8-35(9-11-36)21(15-38)18-12-31-26(41-3)32-13-18/h4-7,12-14,21,38H,8-11,15H2,1-3H3. The van der Waals surface area contributed by atoms with Crippen molar-refractivity contribution in [1.29, 1.82) is 0 Å². The molecule has 1 saturated heterocycles. The number of alkyl halides is 3. The van der Waals surface area contributed by atoms with Gasteiger partial charge in [-0.05, 0) is 31.2 Å². The Labute approximate surface area is 233 Å². The van der Waals surface area contributed by atoms with Gasteiger partial charge in [0.25, 0.3) is 5.91 Å². The summed E-state index contributed by atoms with van der Waals surface area (Å²) in [6, 6.07) is 6.32. The Morgan fingerprint density at radius 3 is 2.24 bits per heavy atom. The summed E-state index contributed by atoms with van der Waals surface area (Å²) < 4.78 is 53.6. The molecule has 0 bridgehead atoms. The first-order valence-corrected chi connectivity index (χ1v) is 12.8. The summed E-state index contributed by atoms with van der Waals surface area (Å²) in [5.41, 5.74) is -0.0682. The fourth-order valence-corrected chi connectivity index (χ4v) is 5.03. The molecule has 4 heterocycles. The molecule has 1 aromatic carbocycles. The quantitative estimate of drug-likeness (QED) is 0.357. The van der Waals surface area contributed by atoms with Crippen LogP contribution >= 0.6 is 0 Å². The smallest absolute Gasteiger partial charge is 0.433 e. The zero-order valence-electron chi connectivity index (χ0n) is 22.6. The van der Waals surface area contributed by atoms with Crippen molar-refractivity contribution in [2.75, 3.05) is 47.0 Å². The lowest BCUT2D eigenvalue weighted by molar-refractivity contribution is -0.143. The van der Waals surface area contributed by atoms with E-state index in [0.717, 1.165) is 6.20 Å². The molecule has 4 aromatic rings. The van der Waals surface area contributed by atoms with Crippen LogP contribution in [0.3, 0.4) is 0 Å². The molecule has 0 aliphatic carbocycles. The molecule has 216 valence electrons. The number of methoxy groups -OCH3 is 2. The Kier molecular flexibility index (Phi) is 7.78. The fraction of sp³-hybridized carbons (Fsp3) is 0.370. The summed E-state index contributed by atoms with van der Waals surface area (Å²) in [5.74, 6) is 0.0731. The molecule has 0 radical (unpaired) electrons. The summed E-state index contributed by atoms with van der Waals surface area (Å²) in [6.45, 7) is 2.55. The predicted octanol–water partition coefficient (Wildman–Crippen LogP) is 3.02. The molecular formula is C27H28F3N7O4. The minimum absolute atomic E-state index is 0.0269. The number of carbonyl (C=O) groups excluding carboxylic acids is 1. The molecule has 5 rings (SSSR count). The molecule has 0 saturated carbocycles. The molecule has 41 heavy (non-hydrogen) atoms. The van der Waals surface area contributed by atoms with Gasteiger partial charge in [-0.1, -0.05) is 0 Å². The van der Waals surface area contributed by atoms with E-state index in [1.54, 1.807) is 41.6 Å². The van der Waals surface area contributed by atoms with Gasteiger partial charge < -0.3 is 19.5 Å². The number of fused-ring (bicyclic) bond motifs is 1. The lowest BCUT2D eigenvalue weighted by atomic mass is 10.0. The number of ether oxygens (including phenoxy) is 2. The lowest BCUT2D eigenvalue weighted by Gasteiger charge is -2.38. The Bertz CT molecular complexity index is 1530. The maximum atomic E-state index is 14.2. The summed E-state index contributed by atoms with van der Waals surface area (Å²) in [7, 11) is 2.95. The van der Waals surface area contributed by atoms with Crippen molar-refractivity contribution >= 4 is 11.6 Å². The van der Waals surface area contributed by atoms with Gasteiger partial charge >= 0.3 is 12.2 Å². The number of aliphatic hydroxyl groups excluding tert-OH is 1. The SMILES string of the molecule is COc1ccc(-c2nc3c(C(=O)N4CCN(C(CO)c5cnc(OC)nc5)CC4)cnn3c(C(F)(F)F)c2C)cc1. The molecule has 0 spiro atoms. The number of nitrogens with zero attached hydrogens (tertiary/aromatic N) is 7. The number of aliphatic hydroxyl groups is 1. The zero-order chi connectivity index (χ0) is 29.3. The number of amides is 1. The van der Waals surface area contributed by atoms with Crippen molar-refractivity contribution in [3.8, 4) is 23.0 Å². The van der Waals surface area contributed by atoms with Gasteiger partial charge in [0, 0.05) is 55.3 Å². The number of hydrogen-bond acceptors (Lipinski definition) is 9. The van der Waals surface area contributed by atoms with Crippen LogP contribution in [0.15, 0.2) is 42.9 Å². The van der Waals surface area contributed by atoms with Crippen molar-refractivity contribution in [2.45, 2.75) is 19.1 Å². The van der Waals surface area contributed by atoms with Crippen LogP contribution in [-0.4, -0.2) is 92.4 Å². The van der Waals surface area contributed by atoms with Gasteiger partial charge in [0.1, 0.15) is 11.3 Å². The van der Waals surface area contributed by atoms with Crippen molar-refractivity contribution < 1.29 is 32.5 Å². The molecular weight excluding hydrogens is 543 g/mol. The van der Waals surface area contributed by atoms with Crippen LogP contribution in [0.2, 0.25) is 0 Å². The van der Waals surface area contributed by atoms with E-state index in [1.165, 1.54) is 21.1 Å². The van der Waals surface area contributed by atoms with E-state index < -0.39 is 17.8 Å². The van der Waals surface area contributed by atoms with E-state index in [1.807, 2.05) is 4.90 Å². The third kappa shape index (κ3) is 5.39. The maximum Gasteiger partial charge on any atom is 0.433 e. The lowest BCUT2D eigenvalue weighted by Crippen LogP contribution is -2.50. The Morgan fingerprint density at radius 1 is 1.02 bits per heavy atom. The Balaban J connectivity index is 1.43.